The normalized spacial score (nSPS) is 16.1. The zero-order valence-electron chi connectivity index (χ0n) is 17.1. The molecule has 1 aliphatic heterocycles. The number of hydrogen-bond donors (Lipinski definition) is 0. The second-order valence-corrected chi connectivity index (χ2v) is 7.32. The smallest absolute Gasteiger partial charge is 0.416 e. The summed E-state index contributed by atoms with van der Waals surface area (Å²) in [5, 5.41) is 4.25. The third-order valence-corrected chi connectivity index (χ3v) is 5.15. The monoisotopic (exact) mass is 445 g/mol. The van der Waals surface area contributed by atoms with Crippen molar-refractivity contribution in [3.8, 4) is 5.88 Å². The van der Waals surface area contributed by atoms with Crippen LogP contribution in [0.2, 0.25) is 0 Å². The Morgan fingerprint density at radius 1 is 1.19 bits per heavy atom. The topological polar surface area (TPSA) is 90.2 Å². The lowest BCUT2D eigenvalue weighted by atomic mass is 10.0. The van der Waals surface area contributed by atoms with Gasteiger partial charge in [-0.2, -0.15) is 18.3 Å². The molecule has 0 saturated heterocycles. The molecule has 0 bridgehead atoms. The molecule has 8 nitrogen and oxygen atoms in total. The van der Waals surface area contributed by atoms with E-state index in [0.717, 1.165) is 12.1 Å². The van der Waals surface area contributed by atoms with Crippen LogP contribution >= 0.6 is 0 Å². The summed E-state index contributed by atoms with van der Waals surface area (Å²) in [5.41, 5.74) is 0.230. The summed E-state index contributed by atoms with van der Waals surface area (Å²) in [6.45, 7) is 2.06. The van der Waals surface area contributed by atoms with Crippen LogP contribution in [0, 0.1) is 0 Å². The zero-order valence-corrected chi connectivity index (χ0v) is 17.1. The number of rotatable bonds is 5. The molecule has 0 radical (unpaired) electrons. The van der Waals surface area contributed by atoms with Crippen molar-refractivity contribution >= 4 is 17.4 Å². The number of ether oxygens (including phenoxy) is 1. The summed E-state index contributed by atoms with van der Waals surface area (Å²) in [7, 11) is 1.41. The third kappa shape index (κ3) is 3.93. The van der Waals surface area contributed by atoms with Gasteiger partial charge in [-0.05, 0) is 31.2 Å². The molecule has 11 heteroatoms. The minimum absolute atomic E-state index is 0.0835. The Hall–Kier alpha value is -3.76. The highest BCUT2D eigenvalue weighted by atomic mass is 19.4. The first-order chi connectivity index (χ1) is 15.2. The summed E-state index contributed by atoms with van der Waals surface area (Å²) in [6.07, 6.45) is -0.486. The average molecular weight is 445 g/mol. The lowest BCUT2D eigenvalue weighted by Gasteiger charge is -2.32. The molecule has 0 fully saturated rings. The van der Waals surface area contributed by atoms with Gasteiger partial charge in [-0.25, -0.2) is 4.98 Å². The number of hydrogen-bond acceptors (Lipinski definition) is 6. The van der Waals surface area contributed by atoms with Crippen LogP contribution in [0.3, 0.4) is 0 Å². The lowest BCUT2D eigenvalue weighted by Crippen LogP contribution is -2.43. The van der Waals surface area contributed by atoms with Crippen LogP contribution in [0.25, 0.3) is 0 Å². The summed E-state index contributed by atoms with van der Waals surface area (Å²) >= 11 is 0. The molecule has 3 aromatic rings. The van der Waals surface area contributed by atoms with Gasteiger partial charge in [0.05, 0.1) is 37.3 Å². The van der Waals surface area contributed by atoms with E-state index in [1.807, 2.05) is 6.92 Å². The van der Waals surface area contributed by atoms with Crippen molar-refractivity contribution in [2.24, 2.45) is 0 Å². The summed E-state index contributed by atoms with van der Waals surface area (Å²) < 4.78 is 45.1. The molecule has 1 aliphatic rings. The van der Waals surface area contributed by atoms with E-state index in [4.69, 9.17) is 4.74 Å². The number of nitrogens with zero attached hydrogens (tertiary/aromatic N) is 5. The van der Waals surface area contributed by atoms with Gasteiger partial charge in [-0.3, -0.25) is 19.3 Å². The number of amides is 1. The number of carbonyl (C=O) groups excluding carboxylic acids is 2. The predicted molar refractivity (Wildman–Crippen MR) is 107 cm³/mol. The number of carbonyl (C=O) groups is 2. The molecule has 0 unspecified atom stereocenters. The molecule has 166 valence electrons. The molecule has 0 aliphatic carbocycles. The minimum Gasteiger partial charge on any atom is -0.480 e. The minimum atomic E-state index is -4.47. The first-order valence-electron chi connectivity index (χ1n) is 9.63. The first-order valence-corrected chi connectivity index (χ1v) is 9.63. The molecule has 0 N–H and O–H groups in total. The van der Waals surface area contributed by atoms with Gasteiger partial charge >= 0.3 is 6.18 Å². The fourth-order valence-corrected chi connectivity index (χ4v) is 3.55. The maximum Gasteiger partial charge on any atom is 0.416 e. The summed E-state index contributed by atoms with van der Waals surface area (Å²) in [6, 6.07) is 4.15. The fraction of sp³-hybridized carbons (Fsp3) is 0.286. The molecule has 0 saturated carbocycles. The van der Waals surface area contributed by atoms with Gasteiger partial charge in [-0.15, -0.1) is 0 Å². The Kier molecular flexibility index (Phi) is 5.41. The molecule has 32 heavy (non-hydrogen) atoms. The SMILES string of the molecule is COc1cncc(C(=O)Cc2cnn3c2C(=O)N(c2ccc(C(F)(F)F)cc2)C[C@@H]3C)n1. The van der Waals surface area contributed by atoms with Crippen LogP contribution in [-0.2, 0) is 12.6 Å². The predicted octanol–water partition coefficient (Wildman–Crippen LogP) is 3.35. The number of alkyl halides is 3. The largest absolute Gasteiger partial charge is 0.480 e. The number of halogens is 3. The highest BCUT2D eigenvalue weighted by Crippen LogP contribution is 2.33. The molecule has 4 rings (SSSR count). The summed E-state index contributed by atoms with van der Waals surface area (Å²) in [4.78, 5) is 35.3. The quantitative estimate of drug-likeness (QED) is 0.560. The van der Waals surface area contributed by atoms with Crippen LogP contribution in [0.15, 0.2) is 42.9 Å². The van der Waals surface area contributed by atoms with Crippen molar-refractivity contribution < 1.29 is 27.5 Å². The van der Waals surface area contributed by atoms with Gasteiger partial charge in [0.15, 0.2) is 5.78 Å². The van der Waals surface area contributed by atoms with E-state index in [9.17, 15) is 22.8 Å². The maximum atomic E-state index is 13.2. The number of benzene rings is 1. The van der Waals surface area contributed by atoms with Crippen LogP contribution in [0.4, 0.5) is 18.9 Å². The molecule has 3 heterocycles. The van der Waals surface area contributed by atoms with Crippen LogP contribution in [0.1, 0.15) is 45.1 Å². The van der Waals surface area contributed by atoms with Crippen molar-refractivity contribution in [1.82, 2.24) is 19.7 Å². The Balaban J connectivity index is 1.62. The van der Waals surface area contributed by atoms with E-state index in [2.05, 4.69) is 15.1 Å². The Labute approximate surface area is 180 Å². The van der Waals surface area contributed by atoms with Gasteiger partial charge in [-0.1, -0.05) is 0 Å². The second-order valence-electron chi connectivity index (χ2n) is 7.32. The van der Waals surface area contributed by atoms with E-state index in [1.54, 1.807) is 0 Å². The number of anilines is 1. The zero-order chi connectivity index (χ0) is 23.0. The average Bonchev–Trinajstić information content (AvgIpc) is 3.20. The van der Waals surface area contributed by atoms with E-state index < -0.39 is 17.6 Å². The molecular formula is C21H18F3N5O3. The number of fused-ring (bicyclic) bond motifs is 1. The third-order valence-electron chi connectivity index (χ3n) is 5.15. The maximum absolute atomic E-state index is 13.2. The Morgan fingerprint density at radius 3 is 2.56 bits per heavy atom. The van der Waals surface area contributed by atoms with E-state index in [1.165, 1.54) is 47.4 Å². The van der Waals surface area contributed by atoms with Crippen LogP contribution < -0.4 is 9.64 Å². The van der Waals surface area contributed by atoms with Crippen molar-refractivity contribution in [1.29, 1.82) is 0 Å². The van der Waals surface area contributed by atoms with E-state index >= 15 is 0 Å². The van der Waals surface area contributed by atoms with Gasteiger partial charge in [0.2, 0.25) is 5.88 Å². The van der Waals surface area contributed by atoms with Gasteiger partial charge in [0.1, 0.15) is 11.4 Å². The number of ketones is 1. The Morgan fingerprint density at radius 2 is 1.91 bits per heavy atom. The molecule has 1 amide bonds. The highest BCUT2D eigenvalue weighted by Gasteiger charge is 2.35. The molecule has 0 spiro atoms. The van der Waals surface area contributed by atoms with Crippen LogP contribution in [0.5, 0.6) is 5.88 Å². The van der Waals surface area contributed by atoms with Crippen molar-refractivity contribution in [2.45, 2.75) is 25.6 Å². The molecular weight excluding hydrogens is 427 g/mol. The second kappa shape index (κ2) is 8.06. The van der Waals surface area contributed by atoms with Gasteiger partial charge in [0, 0.05) is 24.2 Å². The molecule has 1 aromatic carbocycles. The van der Waals surface area contributed by atoms with Crippen molar-refractivity contribution in [3.63, 3.8) is 0 Å². The lowest BCUT2D eigenvalue weighted by molar-refractivity contribution is -0.137. The standard InChI is InChI=1S/C21H18F3N5O3/c1-12-11-28(15-5-3-14(4-6-15)21(22,23)24)20(31)19-13(8-26-29(12)19)7-17(30)16-9-25-10-18(27-16)32-2/h3-6,8-10,12H,7,11H2,1-2H3/t12-/m0/s1. The first kappa shape index (κ1) is 21.5. The number of Topliss-reactive ketones (excluding diaryl/α,β-unsaturated/α-hetero) is 1. The fourth-order valence-electron chi connectivity index (χ4n) is 3.55. The van der Waals surface area contributed by atoms with Gasteiger partial charge < -0.3 is 9.64 Å². The Bertz CT molecular complexity index is 1170. The highest BCUT2D eigenvalue weighted by molar-refractivity contribution is 6.08. The van der Waals surface area contributed by atoms with E-state index in [-0.39, 0.29) is 42.1 Å². The van der Waals surface area contributed by atoms with E-state index in [0.29, 0.717) is 11.3 Å². The molecule has 2 aromatic heterocycles. The van der Waals surface area contributed by atoms with Gasteiger partial charge in [0.25, 0.3) is 5.91 Å². The number of aromatic nitrogens is 4. The summed E-state index contributed by atoms with van der Waals surface area (Å²) in [5.74, 6) is -0.634. The van der Waals surface area contributed by atoms with Crippen molar-refractivity contribution in [2.75, 3.05) is 18.6 Å². The van der Waals surface area contributed by atoms with Crippen LogP contribution in [-0.4, -0.2) is 45.1 Å². The van der Waals surface area contributed by atoms with Crippen molar-refractivity contribution in [3.05, 3.63) is 65.4 Å². The molecule has 1 atom stereocenters. The number of methoxy groups -OCH3 is 1.